The summed E-state index contributed by atoms with van der Waals surface area (Å²) in [6, 6.07) is 6.53. The van der Waals surface area contributed by atoms with Crippen molar-refractivity contribution in [1.82, 2.24) is 10.2 Å². The minimum absolute atomic E-state index is 0.169. The molecule has 1 aromatic heterocycles. The molecule has 2 aromatic rings. The number of sulfonamides is 1. The Kier molecular flexibility index (Phi) is 3.32. The van der Waals surface area contributed by atoms with Gasteiger partial charge in [-0.3, -0.25) is 9.82 Å². The van der Waals surface area contributed by atoms with Gasteiger partial charge in [-0.25, -0.2) is 8.42 Å². The number of nitrogens with zero attached hydrogens (tertiary/aromatic N) is 1. The fourth-order valence-electron chi connectivity index (χ4n) is 1.69. The average molecular weight is 286 g/mol. The first-order valence-corrected chi connectivity index (χ1v) is 7.06. The van der Waals surface area contributed by atoms with Crippen molar-refractivity contribution in [3.05, 3.63) is 40.7 Å². The molecule has 2 rings (SSSR count). The zero-order chi connectivity index (χ0) is 13.3. The number of H-pyrrole nitrogens is 1. The van der Waals surface area contributed by atoms with Gasteiger partial charge in [0.25, 0.3) is 10.0 Å². The summed E-state index contributed by atoms with van der Waals surface area (Å²) in [6.07, 6.45) is 0. The number of aromatic nitrogens is 2. The third-order valence-corrected chi connectivity index (χ3v) is 4.28. The Balaban J connectivity index is 2.39. The van der Waals surface area contributed by atoms with Crippen LogP contribution in [0.1, 0.15) is 11.4 Å². The van der Waals surface area contributed by atoms with Crippen LogP contribution >= 0.6 is 11.6 Å². The summed E-state index contributed by atoms with van der Waals surface area (Å²) in [6.45, 7) is 3.29. The summed E-state index contributed by atoms with van der Waals surface area (Å²) in [5.74, 6) is 0. The largest absolute Gasteiger partial charge is 0.281 e. The van der Waals surface area contributed by atoms with Crippen LogP contribution in [-0.2, 0) is 10.0 Å². The smallest absolute Gasteiger partial charge is 0.265 e. The van der Waals surface area contributed by atoms with Crippen LogP contribution in [0, 0.1) is 13.8 Å². The van der Waals surface area contributed by atoms with Gasteiger partial charge in [0.15, 0.2) is 0 Å². The van der Waals surface area contributed by atoms with Gasteiger partial charge >= 0.3 is 0 Å². The number of nitrogens with one attached hydrogen (secondary N) is 2. The minimum Gasteiger partial charge on any atom is -0.281 e. The van der Waals surface area contributed by atoms with Gasteiger partial charge in [-0.15, -0.1) is 0 Å². The highest BCUT2D eigenvalue weighted by Gasteiger charge is 2.22. The molecule has 0 atom stereocenters. The predicted molar refractivity (Wildman–Crippen MR) is 70.3 cm³/mol. The van der Waals surface area contributed by atoms with Crippen molar-refractivity contribution < 1.29 is 8.42 Å². The van der Waals surface area contributed by atoms with Crippen molar-refractivity contribution in [3.63, 3.8) is 0 Å². The lowest BCUT2D eigenvalue weighted by atomic mass is 10.3. The zero-order valence-electron chi connectivity index (χ0n) is 9.86. The van der Waals surface area contributed by atoms with Gasteiger partial charge < -0.3 is 0 Å². The van der Waals surface area contributed by atoms with E-state index in [0.29, 0.717) is 22.1 Å². The molecule has 0 aliphatic carbocycles. The van der Waals surface area contributed by atoms with E-state index in [9.17, 15) is 8.42 Å². The highest BCUT2D eigenvalue weighted by atomic mass is 35.5. The molecule has 0 fully saturated rings. The van der Waals surface area contributed by atoms with E-state index in [2.05, 4.69) is 14.9 Å². The minimum atomic E-state index is -3.65. The third-order valence-electron chi connectivity index (χ3n) is 2.41. The molecule has 0 aliphatic rings. The Hall–Kier alpha value is -1.53. The van der Waals surface area contributed by atoms with Crippen LogP contribution in [0.15, 0.2) is 29.2 Å². The van der Waals surface area contributed by atoms with Crippen LogP contribution in [0.25, 0.3) is 0 Å². The predicted octanol–water partition coefficient (Wildman–Crippen LogP) is 2.48. The van der Waals surface area contributed by atoms with Crippen molar-refractivity contribution in [2.45, 2.75) is 18.7 Å². The fourth-order valence-corrected chi connectivity index (χ4v) is 3.31. The molecular weight excluding hydrogens is 274 g/mol. The monoisotopic (exact) mass is 285 g/mol. The number of aromatic amines is 1. The van der Waals surface area contributed by atoms with E-state index in [1.54, 1.807) is 38.1 Å². The molecule has 96 valence electrons. The summed E-state index contributed by atoms with van der Waals surface area (Å²) >= 11 is 5.81. The molecule has 0 saturated carbocycles. The second-order valence-electron chi connectivity index (χ2n) is 3.88. The highest BCUT2D eigenvalue weighted by molar-refractivity contribution is 7.92. The topological polar surface area (TPSA) is 74.8 Å². The molecule has 0 bridgehead atoms. The van der Waals surface area contributed by atoms with Crippen LogP contribution in [0.4, 0.5) is 5.69 Å². The van der Waals surface area contributed by atoms with Crippen molar-refractivity contribution in [3.8, 4) is 0 Å². The molecule has 0 unspecified atom stereocenters. The van der Waals surface area contributed by atoms with E-state index in [0.717, 1.165) is 0 Å². The van der Waals surface area contributed by atoms with Crippen LogP contribution in [0.2, 0.25) is 5.02 Å². The van der Waals surface area contributed by atoms with Crippen molar-refractivity contribution >= 4 is 27.3 Å². The van der Waals surface area contributed by atoms with Crippen molar-refractivity contribution in [1.29, 1.82) is 0 Å². The normalized spacial score (nSPS) is 11.5. The fraction of sp³-hybridized carbons (Fsp3) is 0.182. The maximum Gasteiger partial charge on any atom is 0.265 e. The number of hydrogen-bond acceptors (Lipinski definition) is 3. The molecule has 7 heteroatoms. The van der Waals surface area contributed by atoms with Gasteiger partial charge in [-0.05, 0) is 32.0 Å². The van der Waals surface area contributed by atoms with Crippen molar-refractivity contribution in [2.24, 2.45) is 0 Å². The summed E-state index contributed by atoms with van der Waals surface area (Å²) in [7, 11) is -3.65. The first-order valence-electron chi connectivity index (χ1n) is 5.20. The van der Waals surface area contributed by atoms with Crippen LogP contribution in [0.5, 0.6) is 0 Å². The number of hydrogen-bond donors (Lipinski definition) is 2. The molecular formula is C11H12ClN3O2S. The second kappa shape index (κ2) is 4.62. The van der Waals surface area contributed by atoms with E-state index >= 15 is 0 Å². The summed E-state index contributed by atoms with van der Waals surface area (Å²) in [5.41, 5.74) is 1.35. The van der Waals surface area contributed by atoms with Gasteiger partial charge in [-0.1, -0.05) is 17.7 Å². The standard InChI is InChI=1S/C11H12ClN3O2S/c1-7-11(8(2)14-13-7)18(16,17)15-10-5-3-4-9(12)6-10/h3-6,15H,1-2H3,(H,13,14). The number of benzene rings is 1. The Morgan fingerprint density at radius 1 is 1.33 bits per heavy atom. The van der Waals surface area contributed by atoms with Gasteiger partial charge in [0, 0.05) is 5.02 Å². The number of aryl methyl sites for hydroxylation is 2. The quantitative estimate of drug-likeness (QED) is 0.910. The van der Waals surface area contributed by atoms with Gasteiger partial charge in [0.2, 0.25) is 0 Å². The third kappa shape index (κ3) is 2.49. The molecule has 1 heterocycles. The van der Waals surface area contributed by atoms with E-state index in [4.69, 9.17) is 11.6 Å². The van der Waals surface area contributed by atoms with E-state index < -0.39 is 10.0 Å². The van der Waals surface area contributed by atoms with E-state index in [1.165, 1.54) is 0 Å². The van der Waals surface area contributed by atoms with Crippen LogP contribution < -0.4 is 4.72 Å². The van der Waals surface area contributed by atoms with Crippen molar-refractivity contribution in [2.75, 3.05) is 4.72 Å². The molecule has 0 radical (unpaired) electrons. The Bertz CT molecular complexity index is 660. The van der Waals surface area contributed by atoms with Gasteiger partial charge in [-0.2, -0.15) is 5.10 Å². The first-order chi connectivity index (χ1) is 8.40. The Labute approximate surface area is 110 Å². The summed E-state index contributed by atoms with van der Waals surface area (Å²) < 4.78 is 26.9. The lowest BCUT2D eigenvalue weighted by Crippen LogP contribution is -2.14. The van der Waals surface area contributed by atoms with E-state index in [-0.39, 0.29) is 4.90 Å². The number of rotatable bonds is 3. The molecule has 2 N–H and O–H groups in total. The first kappa shape index (κ1) is 12.9. The zero-order valence-corrected chi connectivity index (χ0v) is 11.4. The molecule has 0 spiro atoms. The SMILES string of the molecule is Cc1n[nH]c(C)c1S(=O)(=O)Nc1cccc(Cl)c1. The maximum absolute atomic E-state index is 12.2. The number of halogens is 1. The van der Waals surface area contributed by atoms with Crippen LogP contribution in [-0.4, -0.2) is 18.6 Å². The van der Waals surface area contributed by atoms with E-state index in [1.807, 2.05) is 0 Å². The lowest BCUT2D eigenvalue weighted by molar-refractivity contribution is 0.600. The summed E-state index contributed by atoms with van der Waals surface area (Å²) in [4.78, 5) is 0.169. The second-order valence-corrected chi connectivity index (χ2v) is 5.93. The Morgan fingerprint density at radius 2 is 2.06 bits per heavy atom. The lowest BCUT2D eigenvalue weighted by Gasteiger charge is -2.08. The average Bonchev–Trinajstić information content (AvgIpc) is 2.58. The maximum atomic E-state index is 12.2. The highest BCUT2D eigenvalue weighted by Crippen LogP contribution is 2.22. The van der Waals surface area contributed by atoms with Gasteiger partial charge in [0.1, 0.15) is 4.90 Å². The molecule has 0 aliphatic heterocycles. The molecule has 1 aromatic carbocycles. The number of anilines is 1. The molecule has 0 amide bonds. The summed E-state index contributed by atoms with van der Waals surface area (Å²) in [5, 5.41) is 6.98. The van der Waals surface area contributed by atoms with Gasteiger partial charge in [0.05, 0.1) is 17.1 Å². The Morgan fingerprint density at radius 3 is 2.61 bits per heavy atom. The molecule has 0 saturated heterocycles. The van der Waals surface area contributed by atoms with Crippen LogP contribution in [0.3, 0.4) is 0 Å². The molecule has 5 nitrogen and oxygen atoms in total. The molecule has 18 heavy (non-hydrogen) atoms.